The minimum Gasteiger partial charge on any atom is -0.331 e. The third-order valence-corrected chi connectivity index (χ3v) is 13.8. The van der Waals surface area contributed by atoms with Gasteiger partial charge in [-0.05, 0) is 107 Å². The predicted molar refractivity (Wildman–Crippen MR) is 272 cm³/mol. The summed E-state index contributed by atoms with van der Waals surface area (Å²) >= 11 is 0. The minimum absolute atomic E-state index is 0.153. The smallest absolute Gasteiger partial charge is 0.0643 e. The molecule has 64 heavy (non-hydrogen) atoms. The van der Waals surface area contributed by atoms with Gasteiger partial charge in [0.05, 0.1) is 27.6 Å². The lowest BCUT2D eigenvalue weighted by Gasteiger charge is -2.31. The van der Waals surface area contributed by atoms with E-state index in [9.17, 15) is 0 Å². The Morgan fingerprint density at radius 2 is 0.906 bits per heavy atom. The summed E-state index contributed by atoms with van der Waals surface area (Å²) in [5.74, 6) is 0. The fourth-order valence-corrected chi connectivity index (χ4v) is 10.9. The summed E-state index contributed by atoms with van der Waals surface area (Å²) in [7, 11) is 0. The summed E-state index contributed by atoms with van der Waals surface area (Å²) < 4.78 is 5.01. The molecule has 302 valence electrons. The molecular formula is C61H43N3. The molecule has 13 rings (SSSR count). The maximum Gasteiger partial charge on any atom is 0.0643 e. The van der Waals surface area contributed by atoms with Gasteiger partial charge in [0.2, 0.25) is 0 Å². The second kappa shape index (κ2) is 14.2. The molecule has 0 fully saturated rings. The van der Waals surface area contributed by atoms with Crippen LogP contribution in [0.1, 0.15) is 13.3 Å². The van der Waals surface area contributed by atoms with Crippen LogP contribution in [0, 0.1) is 0 Å². The average Bonchev–Trinajstić information content (AvgIpc) is 4.01. The van der Waals surface area contributed by atoms with Crippen molar-refractivity contribution in [2.75, 3.05) is 4.90 Å². The molecule has 0 aliphatic heterocycles. The summed E-state index contributed by atoms with van der Waals surface area (Å²) in [4.78, 5) is 2.38. The zero-order valence-corrected chi connectivity index (χ0v) is 35.5. The summed E-state index contributed by atoms with van der Waals surface area (Å²) in [6, 6.07) is 75.9. The quantitative estimate of drug-likeness (QED) is 0.156. The van der Waals surface area contributed by atoms with Crippen LogP contribution < -0.4 is 4.90 Å². The molecule has 0 saturated carbocycles. The number of hydrogen-bond acceptors (Lipinski definition) is 1. The van der Waals surface area contributed by atoms with Crippen molar-refractivity contribution in [2.45, 2.75) is 18.9 Å². The number of anilines is 3. The molecule has 0 N–H and O–H groups in total. The second-order valence-corrected chi connectivity index (χ2v) is 17.5. The Kier molecular flexibility index (Phi) is 8.10. The van der Waals surface area contributed by atoms with Crippen molar-refractivity contribution in [3.8, 4) is 33.4 Å². The lowest BCUT2D eigenvalue weighted by atomic mass is 9.92. The Morgan fingerprint density at radius 1 is 0.391 bits per heavy atom. The molecule has 0 saturated heterocycles. The molecule has 3 heterocycles. The van der Waals surface area contributed by atoms with Gasteiger partial charge >= 0.3 is 0 Å². The zero-order valence-electron chi connectivity index (χ0n) is 35.5. The zero-order chi connectivity index (χ0) is 42.4. The van der Waals surface area contributed by atoms with Crippen LogP contribution >= 0.6 is 0 Å². The molecule has 0 bridgehead atoms. The normalized spacial score (nSPS) is 15.1. The first-order chi connectivity index (χ1) is 31.6. The van der Waals surface area contributed by atoms with Gasteiger partial charge in [-0.15, -0.1) is 0 Å². The standard InChI is InChI=1S/C61H43N3/c1-61(39-12-3-13-40-61)64-56-23-11-8-19-53(56)58-48(20-14-24-57(58)64)43-27-33-46(34-28-43)62(45-31-25-42(26-32-45)41-15-4-2-5-16-41)47-35-29-44(30-36-47)49-37-38-51-50-17-6-9-21-54(50)63-55-22-10-7-18-52(55)59(49)60(51)63/h2-39H,40H2,1H3. The van der Waals surface area contributed by atoms with Crippen molar-refractivity contribution in [3.63, 3.8) is 0 Å². The molecule has 3 aromatic heterocycles. The summed E-state index contributed by atoms with van der Waals surface area (Å²) in [5, 5.41) is 7.76. The fourth-order valence-electron chi connectivity index (χ4n) is 10.9. The molecule has 1 aliphatic rings. The van der Waals surface area contributed by atoms with Crippen LogP contribution in [0.5, 0.6) is 0 Å². The largest absolute Gasteiger partial charge is 0.331 e. The van der Waals surface area contributed by atoms with E-state index in [1.165, 1.54) is 93.3 Å². The molecule has 1 aliphatic carbocycles. The van der Waals surface area contributed by atoms with E-state index in [1.807, 2.05) is 0 Å². The van der Waals surface area contributed by atoms with E-state index in [4.69, 9.17) is 0 Å². The van der Waals surface area contributed by atoms with Crippen LogP contribution in [0.3, 0.4) is 0 Å². The van der Waals surface area contributed by atoms with Gasteiger partial charge in [-0.25, -0.2) is 0 Å². The van der Waals surface area contributed by atoms with Crippen molar-refractivity contribution >= 4 is 77.0 Å². The van der Waals surface area contributed by atoms with Gasteiger partial charge in [0.15, 0.2) is 0 Å². The van der Waals surface area contributed by atoms with Crippen LogP contribution in [0.25, 0.3) is 93.3 Å². The van der Waals surface area contributed by atoms with Crippen molar-refractivity contribution < 1.29 is 0 Å². The van der Waals surface area contributed by atoms with Crippen LogP contribution in [0.15, 0.2) is 231 Å². The highest BCUT2D eigenvalue weighted by molar-refractivity contribution is 6.27. The van der Waals surface area contributed by atoms with Gasteiger partial charge in [0, 0.05) is 54.9 Å². The highest BCUT2D eigenvalue weighted by atomic mass is 15.1. The molecule has 1 unspecified atom stereocenters. The number of aromatic nitrogens is 2. The van der Waals surface area contributed by atoms with Crippen molar-refractivity contribution in [2.24, 2.45) is 0 Å². The van der Waals surface area contributed by atoms with Gasteiger partial charge in [-0.3, -0.25) is 0 Å². The van der Waals surface area contributed by atoms with Crippen LogP contribution in [0.4, 0.5) is 17.1 Å². The summed E-state index contributed by atoms with van der Waals surface area (Å²) in [5.41, 5.74) is 16.8. The van der Waals surface area contributed by atoms with Gasteiger partial charge in [0.1, 0.15) is 0 Å². The predicted octanol–water partition coefficient (Wildman–Crippen LogP) is 16.6. The average molecular weight is 818 g/mol. The molecule has 3 nitrogen and oxygen atoms in total. The van der Waals surface area contributed by atoms with Crippen molar-refractivity contribution in [3.05, 3.63) is 231 Å². The molecule has 3 heteroatoms. The van der Waals surface area contributed by atoms with Crippen molar-refractivity contribution in [1.82, 2.24) is 8.97 Å². The monoisotopic (exact) mass is 817 g/mol. The third kappa shape index (κ3) is 5.47. The maximum atomic E-state index is 2.55. The molecule has 1 atom stereocenters. The Hall–Kier alpha value is -8.14. The molecule has 12 aromatic rings. The number of allylic oxidation sites excluding steroid dienone is 4. The van der Waals surface area contributed by atoms with Gasteiger partial charge in [-0.1, -0.05) is 170 Å². The summed E-state index contributed by atoms with van der Waals surface area (Å²) in [6.07, 6.45) is 9.93. The van der Waals surface area contributed by atoms with E-state index >= 15 is 0 Å². The van der Waals surface area contributed by atoms with Crippen LogP contribution in [-0.2, 0) is 5.54 Å². The van der Waals surface area contributed by atoms with Crippen molar-refractivity contribution in [1.29, 1.82) is 0 Å². The lowest BCUT2D eigenvalue weighted by molar-refractivity contribution is 0.437. The number of para-hydroxylation sites is 3. The number of fused-ring (bicyclic) bond motifs is 9. The van der Waals surface area contributed by atoms with E-state index in [0.717, 1.165) is 23.5 Å². The number of hydrogen-bond donors (Lipinski definition) is 0. The van der Waals surface area contributed by atoms with E-state index < -0.39 is 0 Å². The first kappa shape index (κ1) is 36.5. The molecular weight excluding hydrogens is 775 g/mol. The summed E-state index contributed by atoms with van der Waals surface area (Å²) in [6.45, 7) is 2.35. The van der Waals surface area contributed by atoms with Crippen LogP contribution in [-0.4, -0.2) is 8.97 Å². The Bertz CT molecular complexity index is 3790. The van der Waals surface area contributed by atoms with Gasteiger partial charge < -0.3 is 13.9 Å². The first-order valence-electron chi connectivity index (χ1n) is 22.3. The number of nitrogens with zero attached hydrogens (tertiary/aromatic N) is 3. The molecule has 0 spiro atoms. The highest BCUT2D eigenvalue weighted by Gasteiger charge is 2.28. The number of rotatable bonds is 7. The van der Waals surface area contributed by atoms with E-state index in [1.54, 1.807) is 0 Å². The lowest BCUT2D eigenvalue weighted by Crippen LogP contribution is -2.27. The Labute approximate surface area is 372 Å². The molecule has 9 aromatic carbocycles. The van der Waals surface area contributed by atoms with Crippen LogP contribution in [0.2, 0.25) is 0 Å². The molecule has 0 amide bonds. The van der Waals surface area contributed by atoms with Gasteiger partial charge in [0.25, 0.3) is 0 Å². The maximum absolute atomic E-state index is 2.55. The van der Waals surface area contributed by atoms with E-state index in [-0.39, 0.29) is 5.54 Å². The minimum atomic E-state index is -0.153. The van der Waals surface area contributed by atoms with E-state index in [2.05, 4.69) is 251 Å². The first-order valence-corrected chi connectivity index (χ1v) is 22.3. The Balaban J connectivity index is 0.932. The molecule has 0 radical (unpaired) electrons. The SMILES string of the molecule is CC1(n2c3ccccc3c3c(-c4ccc(N(c5ccc(-c6ccccc6)cc5)c5ccc(-c6ccc7c8ccccc8n8c9ccccc9c6c78)cc5)cc4)cccc32)C=CC=CC1. The second-order valence-electron chi connectivity index (χ2n) is 17.5. The number of benzene rings is 9. The third-order valence-electron chi connectivity index (χ3n) is 13.8. The van der Waals surface area contributed by atoms with Gasteiger partial charge in [-0.2, -0.15) is 0 Å². The Morgan fingerprint density at radius 3 is 1.55 bits per heavy atom. The van der Waals surface area contributed by atoms with E-state index in [0.29, 0.717) is 0 Å². The highest BCUT2D eigenvalue weighted by Crippen LogP contribution is 2.46. The topological polar surface area (TPSA) is 12.6 Å². The fraction of sp³-hybridized carbons (Fsp3) is 0.0492.